The summed E-state index contributed by atoms with van der Waals surface area (Å²) in [6.07, 6.45) is 6.15. The molecule has 1 aliphatic carbocycles. The topological polar surface area (TPSA) is 57.9 Å². The van der Waals surface area contributed by atoms with Crippen molar-refractivity contribution in [2.24, 2.45) is 5.73 Å². The van der Waals surface area contributed by atoms with E-state index in [1.54, 1.807) is 0 Å². The van der Waals surface area contributed by atoms with Crippen LogP contribution in [0.15, 0.2) is 0 Å². The first-order valence-electron chi connectivity index (χ1n) is 6.36. The molecule has 4 nitrogen and oxygen atoms in total. The Labute approximate surface area is 96.2 Å². The van der Waals surface area contributed by atoms with Crippen LogP contribution in [0.4, 0.5) is 0 Å². The van der Waals surface area contributed by atoms with E-state index in [0.29, 0.717) is 6.04 Å². The number of aryl methyl sites for hydroxylation is 1. The van der Waals surface area contributed by atoms with E-state index in [1.165, 1.54) is 42.6 Å². The zero-order valence-corrected chi connectivity index (χ0v) is 9.71. The molecular formula is C12H20N4. The quantitative estimate of drug-likeness (QED) is 0.776. The second-order valence-electron chi connectivity index (χ2n) is 5.12. The summed E-state index contributed by atoms with van der Waals surface area (Å²) in [5, 5.41) is 7.68. The molecule has 88 valence electrons. The van der Waals surface area contributed by atoms with Crippen LogP contribution in [0.5, 0.6) is 0 Å². The summed E-state index contributed by atoms with van der Waals surface area (Å²) >= 11 is 0. The first-order chi connectivity index (χ1) is 7.83. The molecule has 4 heteroatoms. The van der Waals surface area contributed by atoms with Crippen molar-refractivity contribution in [3.8, 4) is 0 Å². The number of aromatic nitrogens is 2. The average Bonchev–Trinajstić information content (AvgIpc) is 2.87. The van der Waals surface area contributed by atoms with Crippen LogP contribution in [0.25, 0.3) is 0 Å². The lowest BCUT2D eigenvalue weighted by atomic mass is 9.96. The summed E-state index contributed by atoms with van der Waals surface area (Å²) in [6.45, 7) is 3.14. The Bertz CT molecular complexity index is 371. The molecule has 0 unspecified atom stereocenters. The van der Waals surface area contributed by atoms with E-state index in [4.69, 9.17) is 5.73 Å². The molecule has 0 radical (unpaired) electrons. The minimum Gasteiger partial charge on any atom is -0.326 e. The molecule has 3 N–H and O–H groups in total. The van der Waals surface area contributed by atoms with Crippen LogP contribution in [0.3, 0.4) is 0 Å². The first-order valence-corrected chi connectivity index (χ1v) is 6.36. The number of nitrogens with two attached hydrogens (primary N) is 1. The number of rotatable bonds is 2. The first kappa shape index (κ1) is 10.3. The van der Waals surface area contributed by atoms with Gasteiger partial charge in [0.05, 0.1) is 5.69 Å². The fraction of sp³-hybridized carbons (Fsp3) is 0.750. The van der Waals surface area contributed by atoms with Crippen LogP contribution >= 0.6 is 0 Å². The molecule has 0 bridgehead atoms. The Hall–Kier alpha value is -0.870. The van der Waals surface area contributed by atoms with Crippen molar-refractivity contribution < 1.29 is 0 Å². The molecule has 1 aliphatic heterocycles. The van der Waals surface area contributed by atoms with E-state index in [1.807, 2.05) is 0 Å². The Morgan fingerprint density at radius 2 is 2.25 bits per heavy atom. The molecule has 1 atom stereocenters. The number of hydrogen-bond acceptors (Lipinski definition) is 3. The van der Waals surface area contributed by atoms with Crippen molar-refractivity contribution in [3.05, 3.63) is 17.0 Å². The summed E-state index contributed by atoms with van der Waals surface area (Å²) in [6, 6.07) is 0.370. The van der Waals surface area contributed by atoms with Gasteiger partial charge in [0.15, 0.2) is 0 Å². The SMILES string of the molecule is N[C@@H]1CCN(Cc2n[nH]c3c2CCCC3)C1. The van der Waals surface area contributed by atoms with Gasteiger partial charge in [0.25, 0.3) is 0 Å². The molecule has 1 aromatic rings. The zero-order chi connectivity index (χ0) is 11.0. The van der Waals surface area contributed by atoms with Crippen molar-refractivity contribution >= 4 is 0 Å². The van der Waals surface area contributed by atoms with Gasteiger partial charge in [-0.3, -0.25) is 10.00 Å². The van der Waals surface area contributed by atoms with Gasteiger partial charge in [-0.25, -0.2) is 0 Å². The van der Waals surface area contributed by atoms with Crippen LogP contribution in [0.2, 0.25) is 0 Å². The molecule has 0 amide bonds. The lowest BCUT2D eigenvalue weighted by Crippen LogP contribution is -2.26. The van der Waals surface area contributed by atoms with Gasteiger partial charge in [-0.15, -0.1) is 0 Å². The summed E-state index contributed by atoms with van der Waals surface area (Å²) in [5.74, 6) is 0. The predicted molar refractivity (Wildman–Crippen MR) is 63.1 cm³/mol. The number of fused-ring (bicyclic) bond motifs is 1. The van der Waals surface area contributed by atoms with E-state index >= 15 is 0 Å². The minimum atomic E-state index is 0.370. The molecule has 3 rings (SSSR count). The van der Waals surface area contributed by atoms with Gasteiger partial charge in [-0.2, -0.15) is 5.10 Å². The Kier molecular flexibility index (Phi) is 2.69. The molecule has 1 saturated heterocycles. The Morgan fingerprint density at radius 1 is 1.38 bits per heavy atom. The molecule has 1 fully saturated rings. The lowest BCUT2D eigenvalue weighted by Gasteiger charge is -2.16. The summed E-state index contributed by atoms with van der Waals surface area (Å²) in [4.78, 5) is 2.43. The Balaban J connectivity index is 1.72. The molecule has 1 aromatic heterocycles. The van der Waals surface area contributed by atoms with Crippen molar-refractivity contribution in [2.75, 3.05) is 13.1 Å². The lowest BCUT2D eigenvalue weighted by molar-refractivity contribution is 0.321. The fourth-order valence-corrected chi connectivity index (χ4v) is 2.90. The maximum Gasteiger partial charge on any atom is 0.0797 e. The third-order valence-corrected chi connectivity index (χ3v) is 3.82. The van der Waals surface area contributed by atoms with Crippen LogP contribution < -0.4 is 5.73 Å². The van der Waals surface area contributed by atoms with Crippen LogP contribution in [-0.4, -0.2) is 34.2 Å². The molecular weight excluding hydrogens is 200 g/mol. The summed E-state index contributed by atoms with van der Waals surface area (Å²) < 4.78 is 0. The number of H-pyrrole nitrogens is 1. The van der Waals surface area contributed by atoms with Crippen LogP contribution in [-0.2, 0) is 19.4 Å². The van der Waals surface area contributed by atoms with Crippen molar-refractivity contribution in [1.82, 2.24) is 15.1 Å². The normalized spacial score (nSPS) is 25.9. The fourth-order valence-electron chi connectivity index (χ4n) is 2.90. The van der Waals surface area contributed by atoms with Crippen molar-refractivity contribution in [1.29, 1.82) is 0 Å². The van der Waals surface area contributed by atoms with Gasteiger partial charge >= 0.3 is 0 Å². The molecule has 2 heterocycles. The largest absolute Gasteiger partial charge is 0.326 e. The highest BCUT2D eigenvalue weighted by molar-refractivity contribution is 5.27. The maximum atomic E-state index is 5.92. The van der Waals surface area contributed by atoms with Crippen molar-refractivity contribution in [3.63, 3.8) is 0 Å². The molecule has 16 heavy (non-hydrogen) atoms. The standard InChI is InChI=1S/C12H20N4/c13-9-5-6-16(7-9)8-12-10-3-1-2-4-11(10)14-15-12/h9H,1-8,13H2,(H,14,15)/t9-/m1/s1. The highest BCUT2D eigenvalue weighted by Crippen LogP contribution is 2.23. The number of nitrogens with one attached hydrogen (secondary N) is 1. The number of likely N-dealkylation sites (tertiary alicyclic amines) is 1. The van der Waals surface area contributed by atoms with E-state index in [2.05, 4.69) is 15.1 Å². The van der Waals surface area contributed by atoms with Crippen LogP contribution in [0.1, 0.15) is 36.2 Å². The smallest absolute Gasteiger partial charge is 0.0797 e. The summed E-state index contributed by atoms with van der Waals surface area (Å²) in [7, 11) is 0. The zero-order valence-electron chi connectivity index (χ0n) is 9.71. The number of nitrogens with zero attached hydrogens (tertiary/aromatic N) is 2. The van der Waals surface area contributed by atoms with Gasteiger partial charge in [-0.05, 0) is 37.7 Å². The second-order valence-corrected chi connectivity index (χ2v) is 5.12. The van der Waals surface area contributed by atoms with Gasteiger partial charge in [0.2, 0.25) is 0 Å². The molecule has 2 aliphatic rings. The van der Waals surface area contributed by atoms with Crippen molar-refractivity contribution in [2.45, 2.75) is 44.7 Å². The summed E-state index contributed by atoms with van der Waals surface area (Å²) in [5.41, 5.74) is 10.1. The molecule has 0 spiro atoms. The van der Waals surface area contributed by atoms with Gasteiger partial charge in [0.1, 0.15) is 0 Å². The minimum absolute atomic E-state index is 0.370. The number of aromatic amines is 1. The van der Waals surface area contributed by atoms with E-state index in [9.17, 15) is 0 Å². The predicted octanol–water partition coefficient (Wildman–Crippen LogP) is 0.821. The van der Waals surface area contributed by atoms with Crippen LogP contribution in [0, 0.1) is 0 Å². The number of hydrogen-bond donors (Lipinski definition) is 2. The van der Waals surface area contributed by atoms with Gasteiger partial charge < -0.3 is 5.73 Å². The monoisotopic (exact) mass is 220 g/mol. The molecule has 0 aromatic carbocycles. The highest BCUT2D eigenvalue weighted by atomic mass is 15.2. The van der Waals surface area contributed by atoms with E-state index in [-0.39, 0.29) is 0 Å². The highest BCUT2D eigenvalue weighted by Gasteiger charge is 2.23. The van der Waals surface area contributed by atoms with Gasteiger partial charge in [0, 0.05) is 31.4 Å². The maximum absolute atomic E-state index is 5.92. The Morgan fingerprint density at radius 3 is 3.06 bits per heavy atom. The van der Waals surface area contributed by atoms with E-state index < -0.39 is 0 Å². The van der Waals surface area contributed by atoms with E-state index in [0.717, 1.165) is 26.1 Å². The van der Waals surface area contributed by atoms with Gasteiger partial charge in [-0.1, -0.05) is 0 Å². The average molecular weight is 220 g/mol. The second kappa shape index (κ2) is 4.18. The third kappa shape index (κ3) is 1.87. The third-order valence-electron chi connectivity index (χ3n) is 3.82. The molecule has 0 saturated carbocycles.